The van der Waals surface area contributed by atoms with E-state index in [4.69, 9.17) is 5.11 Å². The molecule has 1 aromatic rings. The molecule has 3 N–H and O–H groups in total. The number of amides is 3. The van der Waals surface area contributed by atoms with Gasteiger partial charge in [0, 0.05) is 19.8 Å². The number of likely N-dealkylation sites (N-methyl/N-ethyl adjacent to an activating group) is 2. The molecule has 0 aliphatic heterocycles. The number of hydrogen-bond donors (Lipinski definition) is 3. The molecule has 0 spiro atoms. The number of carbonyl (C=O) groups excluding carboxylic acids is 2. The third kappa shape index (κ3) is 4.97. The summed E-state index contributed by atoms with van der Waals surface area (Å²) in [7, 11) is 3.00. The highest BCUT2D eigenvalue weighted by atomic mass is 16.4. The number of aliphatic carboxylic acids is 1. The van der Waals surface area contributed by atoms with Crippen LogP contribution in [0.25, 0.3) is 0 Å². The van der Waals surface area contributed by atoms with Gasteiger partial charge in [-0.15, -0.1) is 0 Å². The first-order valence-electron chi connectivity index (χ1n) is 5.96. The van der Waals surface area contributed by atoms with Crippen LogP contribution in [0.4, 0.5) is 10.5 Å². The Morgan fingerprint density at radius 3 is 2.30 bits per heavy atom. The molecule has 0 heterocycles. The molecule has 0 saturated carbocycles. The summed E-state index contributed by atoms with van der Waals surface area (Å²) in [6, 6.07) is 6.07. The Morgan fingerprint density at radius 2 is 1.80 bits per heavy atom. The highest BCUT2D eigenvalue weighted by Gasteiger charge is 2.12. The Bertz CT molecular complexity index is 499. The van der Waals surface area contributed by atoms with Gasteiger partial charge in [0.15, 0.2) is 0 Å². The maximum atomic E-state index is 11.8. The molecule has 0 unspecified atom stereocenters. The summed E-state index contributed by atoms with van der Waals surface area (Å²) in [5.41, 5.74) is 1.18. The Morgan fingerprint density at radius 1 is 1.20 bits per heavy atom. The summed E-state index contributed by atoms with van der Waals surface area (Å²) in [6.45, 7) is -0.0422. The predicted molar refractivity (Wildman–Crippen MR) is 73.5 cm³/mol. The van der Waals surface area contributed by atoms with Gasteiger partial charge in [-0.25, -0.2) is 4.79 Å². The van der Waals surface area contributed by atoms with E-state index >= 15 is 0 Å². The van der Waals surface area contributed by atoms with E-state index in [0.717, 1.165) is 0 Å². The molecule has 0 aliphatic carbocycles. The van der Waals surface area contributed by atoms with Crippen molar-refractivity contribution in [1.29, 1.82) is 0 Å². The van der Waals surface area contributed by atoms with Gasteiger partial charge in [0.2, 0.25) is 5.91 Å². The van der Waals surface area contributed by atoms with Crippen LogP contribution in [0.5, 0.6) is 0 Å². The number of rotatable bonds is 5. The molecule has 3 amide bonds. The average molecular weight is 279 g/mol. The molecule has 108 valence electrons. The van der Waals surface area contributed by atoms with Gasteiger partial charge in [-0.2, -0.15) is 0 Å². The Labute approximate surface area is 116 Å². The third-order valence-electron chi connectivity index (χ3n) is 2.57. The van der Waals surface area contributed by atoms with Crippen LogP contribution >= 0.6 is 0 Å². The summed E-state index contributed by atoms with van der Waals surface area (Å²) in [5.74, 6) is -1.17. The lowest BCUT2D eigenvalue weighted by Crippen LogP contribution is -2.39. The van der Waals surface area contributed by atoms with Gasteiger partial charge in [0.05, 0.1) is 6.42 Å². The van der Waals surface area contributed by atoms with Crippen molar-refractivity contribution < 1.29 is 19.5 Å². The number of carboxylic acids is 1. The first-order chi connectivity index (χ1) is 9.42. The van der Waals surface area contributed by atoms with Crippen molar-refractivity contribution in [3.63, 3.8) is 0 Å². The van der Waals surface area contributed by atoms with Gasteiger partial charge in [0.1, 0.15) is 6.54 Å². The quantitative estimate of drug-likeness (QED) is 0.732. The number of hydrogen-bond acceptors (Lipinski definition) is 3. The van der Waals surface area contributed by atoms with Crippen LogP contribution in [0.15, 0.2) is 24.3 Å². The summed E-state index contributed by atoms with van der Waals surface area (Å²) >= 11 is 0. The molecule has 1 aromatic carbocycles. The minimum absolute atomic E-state index is 0.0422. The molecule has 0 atom stereocenters. The van der Waals surface area contributed by atoms with Crippen LogP contribution in [0.3, 0.4) is 0 Å². The molecular weight excluding hydrogens is 262 g/mol. The lowest BCUT2D eigenvalue weighted by Gasteiger charge is -2.17. The molecule has 7 nitrogen and oxygen atoms in total. The summed E-state index contributed by atoms with van der Waals surface area (Å²) in [6.07, 6.45) is -0.0647. The zero-order valence-corrected chi connectivity index (χ0v) is 11.3. The van der Waals surface area contributed by atoms with E-state index in [0.29, 0.717) is 11.3 Å². The van der Waals surface area contributed by atoms with E-state index in [2.05, 4.69) is 10.6 Å². The Balaban J connectivity index is 2.57. The fraction of sp³-hybridized carbons (Fsp3) is 0.308. The van der Waals surface area contributed by atoms with Crippen molar-refractivity contribution in [2.45, 2.75) is 6.42 Å². The maximum Gasteiger partial charge on any atom is 0.322 e. The fourth-order valence-corrected chi connectivity index (χ4v) is 1.47. The molecular formula is C13H17N3O4. The Hall–Kier alpha value is -2.57. The van der Waals surface area contributed by atoms with Gasteiger partial charge in [-0.05, 0) is 17.7 Å². The van der Waals surface area contributed by atoms with Crippen LogP contribution < -0.4 is 10.6 Å². The lowest BCUT2D eigenvalue weighted by molar-refractivity contribution is -0.136. The number of benzene rings is 1. The molecule has 1 rings (SSSR count). The minimum Gasteiger partial charge on any atom is -0.481 e. The Kier molecular flexibility index (Phi) is 5.52. The second kappa shape index (κ2) is 7.13. The number of carboxylic acid groups (broad SMARTS) is 1. The van der Waals surface area contributed by atoms with Gasteiger partial charge >= 0.3 is 12.0 Å². The zero-order valence-electron chi connectivity index (χ0n) is 11.3. The van der Waals surface area contributed by atoms with Crippen LogP contribution in [0, 0.1) is 0 Å². The number of carbonyl (C=O) groups is 3. The standard InChI is InChI=1S/C13H17N3O4/c1-14-11(17)8-16(2)13(20)15-10-5-3-9(4-6-10)7-12(18)19/h3-6H,7-8H2,1-2H3,(H,14,17)(H,15,20)(H,18,19). The van der Waals surface area contributed by atoms with Crippen molar-refractivity contribution in [2.24, 2.45) is 0 Å². The van der Waals surface area contributed by atoms with E-state index < -0.39 is 12.0 Å². The van der Waals surface area contributed by atoms with E-state index in [-0.39, 0.29) is 18.9 Å². The second-order valence-corrected chi connectivity index (χ2v) is 4.23. The molecule has 0 saturated heterocycles. The monoisotopic (exact) mass is 279 g/mol. The van der Waals surface area contributed by atoms with Gasteiger partial charge in [0.25, 0.3) is 0 Å². The van der Waals surface area contributed by atoms with E-state index in [1.807, 2.05) is 0 Å². The number of nitrogens with one attached hydrogen (secondary N) is 2. The predicted octanol–water partition coefficient (Wildman–Crippen LogP) is 0.523. The van der Waals surface area contributed by atoms with Crippen LogP contribution in [-0.4, -0.2) is 48.6 Å². The minimum atomic E-state index is -0.910. The third-order valence-corrected chi connectivity index (χ3v) is 2.57. The lowest BCUT2D eigenvalue weighted by atomic mass is 10.1. The highest BCUT2D eigenvalue weighted by Crippen LogP contribution is 2.10. The van der Waals surface area contributed by atoms with Crippen molar-refractivity contribution in [3.05, 3.63) is 29.8 Å². The largest absolute Gasteiger partial charge is 0.481 e. The average Bonchev–Trinajstić information content (AvgIpc) is 2.40. The van der Waals surface area contributed by atoms with Gasteiger partial charge in [-0.1, -0.05) is 12.1 Å². The van der Waals surface area contributed by atoms with Crippen molar-refractivity contribution in [1.82, 2.24) is 10.2 Å². The smallest absolute Gasteiger partial charge is 0.322 e. The first kappa shape index (κ1) is 15.5. The van der Waals surface area contributed by atoms with Gasteiger partial charge < -0.3 is 20.6 Å². The van der Waals surface area contributed by atoms with E-state index in [1.165, 1.54) is 19.0 Å². The first-order valence-corrected chi connectivity index (χ1v) is 5.96. The molecule has 7 heteroatoms. The molecule has 20 heavy (non-hydrogen) atoms. The van der Waals surface area contributed by atoms with Crippen LogP contribution in [-0.2, 0) is 16.0 Å². The zero-order chi connectivity index (χ0) is 15.1. The maximum absolute atomic E-state index is 11.8. The number of urea groups is 1. The van der Waals surface area contributed by atoms with E-state index in [1.54, 1.807) is 24.3 Å². The molecule has 0 bridgehead atoms. The normalized spacial score (nSPS) is 9.70. The van der Waals surface area contributed by atoms with Crippen molar-refractivity contribution in [3.8, 4) is 0 Å². The van der Waals surface area contributed by atoms with Crippen LogP contribution in [0.2, 0.25) is 0 Å². The molecule has 0 fully saturated rings. The molecule has 0 radical (unpaired) electrons. The fourth-order valence-electron chi connectivity index (χ4n) is 1.47. The molecule has 0 aliphatic rings. The highest BCUT2D eigenvalue weighted by molar-refractivity contribution is 5.92. The molecule has 0 aromatic heterocycles. The summed E-state index contributed by atoms with van der Waals surface area (Å²) in [5, 5.41) is 13.7. The second-order valence-electron chi connectivity index (χ2n) is 4.23. The van der Waals surface area contributed by atoms with Crippen molar-refractivity contribution in [2.75, 3.05) is 26.0 Å². The number of anilines is 1. The summed E-state index contributed by atoms with van der Waals surface area (Å²) < 4.78 is 0. The number of nitrogens with zero attached hydrogens (tertiary/aromatic N) is 1. The summed E-state index contributed by atoms with van der Waals surface area (Å²) in [4.78, 5) is 34.7. The topological polar surface area (TPSA) is 98.7 Å². The van der Waals surface area contributed by atoms with Gasteiger partial charge in [-0.3, -0.25) is 9.59 Å². The van der Waals surface area contributed by atoms with Crippen LogP contribution in [0.1, 0.15) is 5.56 Å². The SMILES string of the molecule is CNC(=O)CN(C)C(=O)Nc1ccc(CC(=O)O)cc1. The van der Waals surface area contributed by atoms with E-state index in [9.17, 15) is 14.4 Å². The van der Waals surface area contributed by atoms with Crippen molar-refractivity contribution >= 4 is 23.6 Å².